The predicted octanol–water partition coefficient (Wildman–Crippen LogP) is 3.59. The third-order valence-corrected chi connectivity index (χ3v) is 3.77. The van der Waals surface area contributed by atoms with Crippen LogP contribution < -0.4 is 10.2 Å². The maximum atomic E-state index is 11.6. The second kappa shape index (κ2) is 8.46. The van der Waals surface area contributed by atoms with E-state index in [1.54, 1.807) is 42.2 Å². The zero-order valence-corrected chi connectivity index (χ0v) is 13.5. The molecule has 0 saturated heterocycles. The highest BCUT2D eigenvalue weighted by atomic mass is 35.5. The van der Waals surface area contributed by atoms with Crippen molar-refractivity contribution in [3.8, 4) is 5.75 Å². The molecule has 0 unspecified atom stereocenters. The van der Waals surface area contributed by atoms with Crippen LogP contribution in [0.4, 0.5) is 0 Å². The normalized spacial score (nSPS) is 10.6. The van der Waals surface area contributed by atoms with Gasteiger partial charge >= 0.3 is 0 Å². The van der Waals surface area contributed by atoms with Gasteiger partial charge in [0.15, 0.2) is 6.61 Å². The van der Waals surface area contributed by atoms with Crippen LogP contribution in [0.1, 0.15) is 5.56 Å². The van der Waals surface area contributed by atoms with Crippen molar-refractivity contribution in [2.75, 3.05) is 12.9 Å². The van der Waals surface area contributed by atoms with Crippen molar-refractivity contribution in [3.63, 3.8) is 0 Å². The van der Waals surface area contributed by atoms with Gasteiger partial charge in [-0.3, -0.25) is 4.79 Å². The Hall–Kier alpha value is -1.98. The van der Waals surface area contributed by atoms with Gasteiger partial charge in [-0.2, -0.15) is 5.10 Å². The van der Waals surface area contributed by atoms with E-state index in [9.17, 15) is 4.79 Å². The lowest BCUT2D eigenvalue weighted by Crippen LogP contribution is -2.24. The Morgan fingerprint density at radius 1 is 1.27 bits per heavy atom. The molecule has 22 heavy (non-hydrogen) atoms. The minimum Gasteiger partial charge on any atom is -0.482 e. The third-order valence-electron chi connectivity index (χ3n) is 2.71. The smallest absolute Gasteiger partial charge is 0.277 e. The number of para-hydroxylation sites is 1. The number of carbonyl (C=O) groups excluding carboxylic acids is 1. The average Bonchev–Trinajstić information content (AvgIpc) is 2.55. The summed E-state index contributed by atoms with van der Waals surface area (Å²) in [7, 11) is 0. The Labute approximate surface area is 138 Å². The van der Waals surface area contributed by atoms with E-state index in [1.807, 2.05) is 30.5 Å². The molecule has 0 spiro atoms. The molecular formula is C16H15ClN2O2S. The van der Waals surface area contributed by atoms with E-state index < -0.39 is 0 Å². The molecule has 0 aromatic heterocycles. The van der Waals surface area contributed by atoms with Crippen molar-refractivity contribution >= 4 is 35.5 Å². The Morgan fingerprint density at radius 2 is 2.00 bits per heavy atom. The Bertz CT molecular complexity index is 659. The second-order valence-electron chi connectivity index (χ2n) is 4.29. The molecule has 2 rings (SSSR count). The Morgan fingerprint density at radius 3 is 2.68 bits per heavy atom. The molecule has 0 aliphatic heterocycles. The van der Waals surface area contributed by atoms with Gasteiger partial charge < -0.3 is 4.74 Å². The molecule has 0 atom stereocenters. The number of hydrazone groups is 1. The fourth-order valence-corrected chi connectivity index (χ4v) is 2.20. The maximum absolute atomic E-state index is 11.6. The van der Waals surface area contributed by atoms with Gasteiger partial charge in [-0.15, -0.1) is 11.8 Å². The van der Waals surface area contributed by atoms with Crippen molar-refractivity contribution < 1.29 is 9.53 Å². The number of hydrogen-bond acceptors (Lipinski definition) is 4. The molecule has 1 amide bonds. The number of halogens is 1. The molecule has 114 valence electrons. The minimum absolute atomic E-state index is 0.146. The monoisotopic (exact) mass is 334 g/mol. The van der Waals surface area contributed by atoms with Gasteiger partial charge in [0, 0.05) is 4.90 Å². The molecular weight excluding hydrogens is 320 g/mol. The third kappa shape index (κ3) is 5.09. The van der Waals surface area contributed by atoms with Gasteiger partial charge in [0.1, 0.15) is 5.75 Å². The van der Waals surface area contributed by atoms with Gasteiger partial charge in [0.2, 0.25) is 0 Å². The van der Waals surface area contributed by atoms with Gasteiger partial charge in [0.25, 0.3) is 5.91 Å². The van der Waals surface area contributed by atoms with Gasteiger partial charge in [-0.05, 0) is 36.1 Å². The number of ether oxygens (including phenoxy) is 1. The lowest BCUT2D eigenvalue weighted by molar-refractivity contribution is -0.123. The molecule has 0 radical (unpaired) electrons. The zero-order valence-electron chi connectivity index (χ0n) is 12.0. The average molecular weight is 335 g/mol. The highest BCUT2D eigenvalue weighted by Gasteiger charge is 2.04. The molecule has 2 aromatic rings. The summed E-state index contributed by atoms with van der Waals surface area (Å²) >= 11 is 7.60. The van der Waals surface area contributed by atoms with Crippen LogP contribution in [0.3, 0.4) is 0 Å². The van der Waals surface area contributed by atoms with Crippen molar-refractivity contribution in [2.24, 2.45) is 5.10 Å². The lowest BCUT2D eigenvalue weighted by atomic mass is 10.2. The first-order chi connectivity index (χ1) is 10.7. The molecule has 4 nitrogen and oxygen atoms in total. The van der Waals surface area contributed by atoms with E-state index in [-0.39, 0.29) is 12.5 Å². The number of nitrogens with one attached hydrogen (secondary N) is 1. The fourth-order valence-electron chi connectivity index (χ4n) is 1.61. The highest BCUT2D eigenvalue weighted by molar-refractivity contribution is 7.98. The van der Waals surface area contributed by atoms with E-state index in [4.69, 9.17) is 16.3 Å². The standard InChI is InChI=1S/C16H15ClN2O2S/c1-22-13-8-6-12(7-9-13)10-18-19-16(20)11-21-15-5-3-2-4-14(15)17/h2-10H,11H2,1H3,(H,19,20)/b18-10-. The number of thioether (sulfide) groups is 1. The van der Waals surface area contributed by atoms with E-state index in [0.717, 1.165) is 5.56 Å². The van der Waals surface area contributed by atoms with Crippen LogP contribution in [0.2, 0.25) is 5.02 Å². The summed E-state index contributed by atoms with van der Waals surface area (Å²) in [6.45, 7) is -0.146. The number of carbonyl (C=O) groups is 1. The van der Waals surface area contributed by atoms with E-state index >= 15 is 0 Å². The number of benzene rings is 2. The van der Waals surface area contributed by atoms with Crippen molar-refractivity contribution in [1.82, 2.24) is 5.43 Å². The van der Waals surface area contributed by atoms with Crippen molar-refractivity contribution in [1.29, 1.82) is 0 Å². The Kier molecular flexibility index (Phi) is 6.30. The topological polar surface area (TPSA) is 50.7 Å². The summed E-state index contributed by atoms with van der Waals surface area (Å²) in [5, 5.41) is 4.35. The van der Waals surface area contributed by atoms with E-state index in [0.29, 0.717) is 10.8 Å². The summed E-state index contributed by atoms with van der Waals surface area (Å²) < 4.78 is 5.31. The molecule has 0 bridgehead atoms. The summed E-state index contributed by atoms with van der Waals surface area (Å²) in [5.41, 5.74) is 3.31. The summed E-state index contributed by atoms with van der Waals surface area (Å²) in [4.78, 5) is 12.8. The van der Waals surface area contributed by atoms with Crippen LogP contribution in [0.25, 0.3) is 0 Å². The number of hydrogen-bond donors (Lipinski definition) is 1. The minimum atomic E-state index is -0.350. The predicted molar refractivity (Wildman–Crippen MR) is 90.9 cm³/mol. The summed E-state index contributed by atoms with van der Waals surface area (Å²) in [6, 6.07) is 14.8. The van der Waals surface area contributed by atoms with Crippen LogP contribution in [0.5, 0.6) is 5.75 Å². The van der Waals surface area contributed by atoms with Crippen LogP contribution in [0, 0.1) is 0 Å². The van der Waals surface area contributed by atoms with Crippen molar-refractivity contribution in [2.45, 2.75) is 4.90 Å². The SMILES string of the molecule is CSc1ccc(/C=N\NC(=O)COc2ccccc2Cl)cc1. The number of nitrogens with zero attached hydrogens (tertiary/aromatic N) is 1. The first-order valence-corrected chi connectivity index (χ1v) is 8.12. The number of amides is 1. The molecule has 6 heteroatoms. The quantitative estimate of drug-likeness (QED) is 0.499. The first kappa shape index (κ1) is 16.4. The van der Waals surface area contributed by atoms with Crippen LogP contribution >= 0.6 is 23.4 Å². The van der Waals surface area contributed by atoms with Gasteiger partial charge in [-0.25, -0.2) is 5.43 Å². The number of rotatable bonds is 6. The van der Waals surface area contributed by atoms with Crippen LogP contribution in [-0.2, 0) is 4.79 Å². The maximum Gasteiger partial charge on any atom is 0.277 e. The van der Waals surface area contributed by atoms with Crippen molar-refractivity contribution in [3.05, 3.63) is 59.1 Å². The molecule has 0 heterocycles. The molecule has 1 N–H and O–H groups in total. The fraction of sp³-hybridized carbons (Fsp3) is 0.125. The summed E-state index contributed by atoms with van der Waals surface area (Å²) in [5.74, 6) is 0.118. The van der Waals surface area contributed by atoms with Crippen LogP contribution in [0.15, 0.2) is 58.5 Å². The zero-order chi connectivity index (χ0) is 15.8. The molecule has 0 aliphatic carbocycles. The molecule has 0 fully saturated rings. The lowest BCUT2D eigenvalue weighted by Gasteiger charge is -2.06. The van der Waals surface area contributed by atoms with Gasteiger partial charge in [-0.1, -0.05) is 35.9 Å². The largest absolute Gasteiger partial charge is 0.482 e. The van der Waals surface area contributed by atoms with E-state index in [1.165, 1.54) is 4.90 Å². The summed E-state index contributed by atoms with van der Waals surface area (Å²) in [6.07, 6.45) is 3.60. The van der Waals surface area contributed by atoms with Gasteiger partial charge in [0.05, 0.1) is 11.2 Å². The molecule has 0 aliphatic rings. The molecule has 2 aromatic carbocycles. The van der Waals surface area contributed by atoms with E-state index in [2.05, 4.69) is 10.5 Å². The first-order valence-electron chi connectivity index (χ1n) is 6.52. The second-order valence-corrected chi connectivity index (χ2v) is 5.57. The van der Waals surface area contributed by atoms with Crippen LogP contribution in [-0.4, -0.2) is 25.0 Å². The highest BCUT2D eigenvalue weighted by Crippen LogP contribution is 2.22. The molecule has 0 saturated carbocycles. The Balaban J connectivity index is 1.79.